The number of hydrogen-bond donors (Lipinski definition) is 1. The van der Waals surface area contributed by atoms with E-state index in [4.69, 9.17) is 0 Å². The lowest BCUT2D eigenvalue weighted by Gasteiger charge is -2.31. The van der Waals surface area contributed by atoms with Gasteiger partial charge in [0.25, 0.3) is 0 Å². The molecule has 0 bridgehead atoms. The first-order valence-corrected chi connectivity index (χ1v) is 14.5. The van der Waals surface area contributed by atoms with Gasteiger partial charge in [-0.05, 0) is 31.8 Å². The summed E-state index contributed by atoms with van der Waals surface area (Å²) in [5.74, 6) is 0. The lowest BCUT2D eigenvalue weighted by atomic mass is 10.4. The molecule has 9 heteroatoms. The third-order valence-corrected chi connectivity index (χ3v) is 8.31. The fraction of sp³-hybridized carbons (Fsp3) is 1.00. The molecule has 0 unspecified atom stereocenters. The maximum Gasteiger partial charge on any atom is 0.0235 e. The van der Waals surface area contributed by atoms with Crippen molar-refractivity contribution in [1.29, 1.82) is 0 Å². The third-order valence-electron chi connectivity index (χ3n) is 3.84. The summed E-state index contributed by atoms with van der Waals surface area (Å²) >= 11 is 4.82. The highest BCUT2D eigenvalue weighted by atomic mass is 127. The minimum absolute atomic E-state index is 1.06. The lowest BCUT2D eigenvalue weighted by Crippen LogP contribution is -2.43. The molecule has 1 aliphatic rings. The van der Waals surface area contributed by atoms with Crippen LogP contribution in [-0.4, -0.2) is 97.5 Å². The summed E-state index contributed by atoms with van der Waals surface area (Å²) in [7, 11) is 5.94. The number of hydrogen-bond acceptors (Lipinski definition) is 7. The molecule has 0 spiro atoms. The van der Waals surface area contributed by atoms with Crippen molar-refractivity contribution >= 4 is 60.6 Å². The first kappa shape index (κ1) is 22.0. The predicted octanol–water partition coefficient (Wildman–Crippen LogP) is 2.44. The van der Waals surface area contributed by atoms with Crippen molar-refractivity contribution in [1.82, 2.24) is 23.7 Å². The van der Waals surface area contributed by atoms with E-state index in [9.17, 15) is 0 Å². The smallest absolute Gasteiger partial charge is 0.0235 e. The molecule has 1 aliphatic heterocycles. The van der Waals surface area contributed by atoms with Crippen molar-refractivity contribution in [2.75, 3.05) is 79.0 Å². The average Bonchev–Trinajstić information content (AvgIpc) is 2.53. The molecule has 0 aromatic carbocycles. The molecule has 132 valence electrons. The summed E-state index contributed by atoms with van der Waals surface area (Å²) in [6.45, 7) is 14.7. The van der Waals surface area contributed by atoms with Gasteiger partial charge in [-0.25, -0.2) is 8.61 Å². The van der Waals surface area contributed by atoms with Crippen molar-refractivity contribution in [3.8, 4) is 0 Å². The summed E-state index contributed by atoms with van der Waals surface area (Å²) in [6, 6.07) is 0. The SMILES string of the molecule is CCNCCN1CCN(C)CCN(SI)CCN(SI)CC1. The van der Waals surface area contributed by atoms with Gasteiger partial charge in [0, 0.05) is 108 Å². The van der Waals surface area contributed by atoms with Gasteiger partial charge < -0.3 is 10.2 Å². The van der Waals surface area contributed by atoms with Crippen LogP contribution in [-0.2, 0) is 0 Å². The van der Waals surface area contributed by atoms with E-state index in [0.717, 1.165) is 65.4 Å². The van der Waals surface area contributed by atoms with E-state index in [-0.39, 0.29) is 0 Å². The molecule has 0 aromatic heterocycles. The molecule has 1 N–H and O–H groups in total. The third kappa shape index (κ3) is 10.1. The zero-order chi connectivity index (χ0) is 16.2. The van der Waals surface area contributed by atoms with E-state index in [1.807, 2.05) is 18.2 Å². The van der Waals surface area contributed by atoms with Crippen LogP contribution in [0.15, 0.2) is 0 Å². The van der Waals surface area contributed by atoms with Gasteiger partial charge in [-0.2, -0.15) is 0 Å². The molecule has 0 radical (unpaired) electrons. The summed E-state index contributed by atoms with van der Waals surface area (Å²) in [4.78, 5) is 5.07. The second kappa shape index (κ2) is 14.2. The van der Waals surface area contributed by atoms with Crippen molar-refractivity contribution in [2.24, 2.45) is 0 Å². The first-order valence-electron chi connectivity index (χ1n) is 7.88. The van der Waals surface area contributed by atoms with E-state index in [1.165, 1.54) is 6.54 Å². The fourth-order valence-electron chi connectivity index (χ4n) is 2.29. The largest absolute Gasteiger partial charge is 0.316 e. The van der Waals surface area contributed by atoms with Gasteiger partial charge in [0.1, 0.15) is 0 Å². The van der Waals surface area contributed by atoms with Gasteiger partial charge >= 0.3 is 0 Å². The van der Waals surface area contributed by atoms with Gasteiger partial charge in [0.2, 0.25) is 0 Å². The van der Waals surface area contributed by atoms with Crippen molar-refractivity contribution in [3.63, 3.8) is 0 Å². The number of nitrogens with one attached hydrogen (secondary N) is 1. The Morgan fingerprint density at radius 2 is 1.36 bits per heavy atom. The predicted molar refractivity (Wildman–Crippen MR) is 119 cm³/mol. The monoisotopic (exact) mass is 573 g/mol. The quantitative estimate of drug-likeness (QED) is 0.297. The molecule has 1 fully saturated rings. The molecule has 22 heavy (non-hydrogen) atoms. The Bertz CT molecular complexity index is 279. The highest BCUT2D eigenvalue weighted by molar-refractivity contribution is 14.2. The Labute approximate surface area is 169 Å². The maximum atomic E-state index is 3.45. The molecule has 0 atom stereocenters. The van der Waals surface area contributed by atoms with Gasteiger partial charge in [0.05, 0.1) is 0 Å². The molecule has 0 aromatic rings. The van der Waals surface area contributed by atoms with E-state index in [1.54, 1.807) is 0 Å². The Hall–Kier alpha value is 1.96. The summed E-state index contributed by atoms with van der Waals surface area (Å²) in [5.41, 5.74) is 0. The van der Waals surface area contributed by atoms with Gasteiger partial charge in [-0.15, -0.1) is 0 Å². The Kier molecular flexibility index (Phi) is 14.2. The normalized spacial score (nSPS) is 22.4. The highest BCUT2D eigenvalue weighted by Crippen LogP contribution is 2.21. The van der Waals surface area contributed by atoms with Crippen molar-refractivity contribution < 1.29 is 0 Å². The zero-order valence-corrected chi connectivity index (χ0v) is 19.6. The number of halogens is 2. The Morgan fingerprint density at radius 3 is 1.95 bits per heavy atom. The summed E-state index contributed by atoms with van der Waals surface area (Å²) in [6.07, 6.45) is 0. The van der Waals surface area contributed by atoms with E-state index >= 15 is 0 Å². The van der Waals surface area contributed by atoms with Gasteiger partial charge in [-0.3, -0.25) is 4.90 Å². The number of nitrogens with zero attached hydrogens (tertiary/aromatic N) is 4. The molecule has 1 heterocycles. The maximum absolute atomic E-state index is 3.45. The Balaban J connectivity index is 2.52. The van der Waals surface area contributed by atoms with Crippen LogP contribution in [0.1, 0.15) is 6.92 Å². The molecule has 1 rings (SSSR count). The molecular weight excluding hydrogens is 544 g/mol. The van der Waals surface area contributed by atoms with E-state index in [0.29, 0.717) is 0 Å². The van der Waals surface area contributed by atoms with Gasteiger partial charge in [-0.1, -0.05) is 6.92 Å². The zero-order valence-electron chi connectivity index (χ0n) is 13.6. The topological polar surface area (TPSA) is 25.0 Å². The highest BCUT2D eigenvalue weighted by Gasteiger charge is 2.14. The second-order valence-electron chi connectivity index (χ2n) is 5.49. The summed E-state index contributed by atoms with van der Waals surface area (Å²) in [5, 5.41) is 3.45. The van der Waals surface area contributed by atoms with Crippen LogP contribution in [0.5, 0.6) is 0 Å². The van der Waals surface area contributed by atoms with Crippen LogP contribution in [0.2, 0.25) is 0 Å². The van der Waals surface area contributed by atoms with E-state index in [2.05, 4.69) is 80.1 Å². The average molecular weight is 573 g/mol. The molecule has 0 saturated carbocycles. The molecule has 0 amide bonds. The minimum atomic E-state index is 1.06. The Morgan fingerprint density at radius 1 is 0.864 bits per heavy atom. The standard InChI is InChI=1S/C13H29I2N5S2/c1-3-16-4-5-18-8-6-17(2)7-10-19(21-14)12-13-20(22-15)11-9-18/h16H,3-13H2,1-2H3. The van der Waals surface area contributed by atoms with Crippen LogP contribution in [0.4, 0.5) is 0 Å². The van der Waals surface area contributed by atoms with Crippen molar-refractivity contribution in [3.05, 3.63) is 0 Å². The summed E-state index contributed by atoms with van der Waals surface area (Å²) < 4.78 is 4.97. The van der Waals surface area contributed by atoms with Crippen LogP contribution in [0, 0.1) is 0 Å². The second-order valence-corrected chi connectivity index (χ2v) is 9.17. The number of rotatable bonds is 6. The number of likely N-dealkylation sites (N-methyl/N-ethyl adjacent to an activating group) is 2. The van der Waals surface area contributed by atoms with Crippen molar-refractivity contribution in [2.45, 2.75) is 6.92 Å². The molecule has 1 saturated heterocycles. The molecular formula is C13H29I2N5S2. The fourth-order valence-corrected chi connectivity index (χ4v) is 5.26. The van der Waals surface area contributed by atoms with Gasteiger partial charge in [0.15, 0.2) is 0 Å². The van der Waals surface area contributed by atoms with Crippen LogP contribution < -0.4 is 5.32 Å². The first-order chi connectivity index (χ1) is 10.7. The molecule has 5 nitrogen and oxygen atoms in total. The van der Waals surface area contributed by atoms with Crippen LogP contribution >= 0.6 is 60.6 Å². The van der Waals surface area contributed by atoms with Crippen LogP contribution in [0.3, 0.4) is 0 Å². The minimum Gasteiger partial charge on any atom is -0.316 e. The van der Waals surface area contributed by atoms with E-state index < -0.39 is 0 Å². The molecule has 0 aliphatic carbocycles. The lowest BCUT2D eigenvalue weighted by molar-refractivity contribution is 0.201. The van der Waals surface area contributed by atoms with Crippen LogP contribution in [0.25, 0.3) is 0 Å².